The third kappa shape index (κ3) is 3.85. The van der Waals surface area contributed by atoms with Crippen LogP contribution in [0, 0.1) is 5.92 Å². The fourth-order valence-corrected chi connectivity index (χ4v) is 3.97. The van der Waals surface area contributed by atoms with E-state index in [0.29, 0.717) is 6.17 Å². The highest BCUT2D eigenvalue weighted by atomic mass is 28.4. The van der Waals surface area contributed by atoms with Crippen molar-refractivity contribution >= 4 is 14.6 Å². The van der Waals surface area contributed by atoms with E-state index in [9.17, 15) is 4.79 Å². The van der Waals surface area contributed by atoms with E-state index in [2.05, 4.69) is 4.90 Å². The first-order valence-electron chi connectivity index (χ1n) is 5.95. The van der Waals surface area contributed by atoms with Gasteiger partial charge in [-0.05, 0) is 26.3 Å². The molecule has 1 unspecified atom stereocenters. The van der Waals surface area contributed by atoms with Crippen LogP contribution in [0.5, 0.6) is 0 Å². The van der Waals surface area contributed by atoms with Crippen LogP contribution in [-0.4, -0.2) is 60.1 Å². The molecule has 1 saturated heterocycles. The summed E-state index contributed by atoms with van der Waals surface area (Å²) in [6, 6.07) is 0. The molecule has 1 atom stereocenters. The van der Waals surface area contributed by atoms with E-state index >= 15 is 0 Å². The van der Waals surface area contributed by atoms with Crippen molar-refractivity contribution in [2.75, 3.05) is 40.6 Å². The van der Waals surface area contributed by atoms with Crippen LogP contribution in [0.3, 0.4) is 0 Å². The Balaban J connectivity index is 2.58. The summed E-state index contributed by atoms with van der Waals surface area (Å²) >= 11 is 0. The zero-order valence-corrected chi connectivity index (χ0v) is 12.2. The van der Waals surface area contributed by atoms with Crippen LogP contribution in [0.2, 0.25) is 0 Å². The Morgan fingerprint density at radius 3 is 2.35 bits per heavy atom. The molecule has 0 N–H and O–H groups in total. The van der Waals surface area contributed by atoms with Gasteiger partial charge in [0.05, 0.1) is 6.17 Å². The summed E-state index contributed by atoms with van der Waals surface area (Å²) in [5.74, 6) is 0.426. The minimum Gasteiger partial charge on any atom is -0.376 e. The third-order valence-electron chi connectivity index (χ3n) is 3.43. The smallest absolute Gasteiger partial charge is 0.376 e. The average molecular weight is 261 g/mol. The molecule has 17 heavy (non-hydrogen) atoms. The molecule has 6 heteroatoms. The van der Waals surface area contributed by atoms with Crippen molar-refractivity contribution in [3.05, 3.63) is 0 Å². The van der Waals surface area contributed by atoms with E-state index in [1.807, 2.05) is 0 Å². The van der Waals surface area contributed by atoms with Crippen LogP contribution >= 0.6 is 0 Å². The lowest BCUT2D eigenvalue weighted by atomic mass is 9.95. The lowest BCUT2D eigenvalue weighted by molar-refractivity contribution is -0.122. The fraction of sp³-hybridized carbons (Fsp3) is 0.909. The molecule has 1 heterocycles. The lowest BCUT2D eigenvalue weighted by Crippen LogP contribution is -2.55. The number of ketones is 1. The summed E-state index contributed by atoms with van der Waals surface area (Å²) in [4.78, 5) is 13.6. The molecule has 0 aromatic carbocycles. The molecule has 0 saturated carbocycles. The fourth-order valence-electron chi connectivity index (χ4n) is 2.25. The van der Waals surface area contributed by atoms with Crippen LogP contribution in [0.1, 0.15) is 19.8 Å². The second-order valence-electron chi connectivity index (χ2n) is 4.48. The maximum atomic E-state index is 11.4. The number of rotatable bonds is 6. The summed E-state index contributed by atoms with van der Waals surface area (Å²) < 4.78 is 16.2. The van der Waals surface area contributed by atoms with Gasteiger partial charge in [-0.3, -0.25) is 9.69 Å². The van der Waals surface area contributed by atoms with Gasteiger partial charge >= 0.3 is 8.80 Å². The summed E-state index contributed by atoms with van der Waals surface area (Å²) in [6.45, 7) is 3.44. The van der Waals surface area contributed by atoms with Crippen LogP contribution in [-0.2, 0) is 18.1 Å². The summed E-state index contributed by atoms with van der Waals surface area (Å²) in [5.41, 5.74) is 0. The number of piperidine rings is 1. The summed E-state index contributed by atoms with van der Waals surface area (Å²) in [5, 5.41) is 0. The standard InChI is InChI=1S/C11H23NO4Si/c1-10(13)11-6-5-7-12(8-11)9-17(14-2,15-3)16-4/h11H,5-9H2,1-4H3. The number of likely N-dealkylation sites (tertiary alicyclic amines) is 1. The third-order valence-corrected chi connectivity index (χ3v) is 6.13. The Kier molecular flexibility index (Phi) is 5.74. The number of hydrogen-bond donors (Lipinski definition) is 0. The van der Waals surface area contributed by atoms with Crippen molar-refractivity contribution < 1.29 is 18.1 Å². The molecule has 0 radical (unpaired) electrons. The topological polar surface area (TPSA) is 48.0 Å². The molecule has 1 rings (SSSR count). The first-order valence-corrected chi connectivity index (χ1v) is 7.88. The SMILES string of the molecule is CO[Si](CN1CCCC(C(C)=O)C1)(OC)OC. The Hall–Kier alpha value is -0.273. The normalized spacial score (nSPS) is 22.7. The van der Waals surface area contributed by atoms with Gasteiger partial charge in [0.25, 0.3) is 0 Å². The van der Waals surface area contributed by atoms with Crippen molar-refractivity contribution in [3.8, 4) is 0 Å². The number of carbonyl (C=O) groups is 1. The number of carbonyl (C=O) groups excluding carboxylic acids is 1. The second-order valence-corrected chi connectivity index (χ2v) is 7.39. The maximum absolute atomic E-state index is 11.4. The predicted molar refractivity (Wildman–Crippen MR) is 66.6 cm³/mol. The first-order chi connectivity index (χ1) is 8.06. The predicted octanol–water partition coefficient (Wildman–Crippen LogP) is 0.705. The summed E-state index contributed by atoms with van der Waals surface area (Å²) in [6.07, 6.45) is 2.69. The van der Waals surface area contributed by atoms with E-state index in [4.69, 9.17) is 13.3 Å². The van der Waals surface area contributed by atoms with Gasteiger partial charge < -0.3 is 13.3 Å². The van der Waals surface area contributed by atoms with Crippen LogP contribution < -0.4 is 0 Å². The van der Waals surface area contributed by atoms with Crippen LogP contribution in [0.25, 0.3) is 0 Å². The number of Topliss-reactive ketones (excluding diaryl/α,β-unsaturated/α-hetero) is 1. The lowest BCUT2D eigenvalue weighted by Gasteiger charge is -2.35. The van der Waals surface area contributed by atoms with Crippen molar-refractivity contribution in [2.45, 2.75) is 19.8 Å². The Morgan fingerprint density at radius 2 is 1.88 bits per heavy atom. The monoisotopic (exact) mass is 261 g/mol. The Bertz CT molecular complexity index is 250. The maximum Gasteiger partial charge on any atom is 0.514 e. The Labute approximate surface area is 104 Å². The molecule has 1 fully saturated rings. The highest BCUT2D eigenvalue weighted by molar-refractivity contribution is 6.60. The second kappa shape index (κ2) is 6.60. The molecule has 0 amide bonds. The zero-order valence-electron chi connectivity index (χ0n) is 11.2. The van der Waals surface area contributed by atoms with E-state index in [1.165, 1.54) is 0 Å². The summed E-state index contributed by atoms with van der Waals surface area (Å²) in [7, 11) is 2.30. The minimum absolute atomic E-state index is 0.154. The van der Waals surface area contributed by atoms with Gasteiger partial charge in [-0.2, -0.15) is 0 Å². The van der Waals surface area contributed by atoms with E-state index in [-0.39, 0.29) is 11.7 Å². The molecule has 100 valence electrons. The largest absolute Gasteiger partial charge is 0.514 e. The van der Waals surface area contributed by atoms with Crippen molar-refractivity contribution in [1.82, 2.24) is 4.90 Å². The minimum atomic E-state index is -2.55. The van der Waals surface area contributed by atoms with Gasteiger partial charge in [-0.25, -0.2) is 0 Å². The number of hydrogen-bond acceptors (Lipinski definition) is 5. The van der Waals surface area contributed by atoms with E-state index in [0.717, 1.165) is 25.9 Å². The van der Waals surface area contributed by atoms with Crippen LogP contribution in [0.15, 0.2) is 0 Å². The first kappa shape index (κ1) is 14.8. The molecular formula is C11H23NO4Si. The molecule has 0 aromatic heterocycles. The molecule has 5 nitrogen and oxygen atoms in total. The van der Waals surface area contributed by atoms with Gasteiger partial charge in [-0.15, -0.1) is 0 Å². The number of nitrogens with zero attached hydrogens (tertiary/aromatic N) is 1. The molecule has 0 bridgehead atoms. The van der Waals surface area contributed by atoms with Gasteiger partial charge in [0, 0.05) is 33.8 Å². The van der Waals surface area contributed by atoms with Gasteiger partial charge in [0.2, 0.25) is 0 Å². The molecule has 1 aliphatic rings. The average Bonchev–Trinajstić information content (AvgIpc) is 2.36. The van der Waals surface area contributed by atoms with E-state index in [1.54, 1.807) is 28.3 Å². The van der Waals surface area contributed by atoms with Gasteiger partial charge in [0.15, 0.2) is 0 Å². The van der Waals surface area contributed by atoms with Crippen molar-refractivity contribution in [2.24, 2.45) is 5.92 Å². The van der Waals surface area contributed by atoms with Crippen molar-refractivity contribution in [1.29, 1.82) is 0 Å². The quantitative estimate of drug-likeness (QED) is 0.659. The molecular weight excluding hydrogens is 238 g/mol. The van der Waals surface area contributed by atoms with Crippen LogP contribution in [0.4, 0.5) is 0 Å². The highest BCUT2D eigenvalue weighted by Crippen LogP contribution is 2.19. The zero-order chi connectivity index (χ0) is 12.9. The molecule has 0 aliphatic carbocycles. The molecule has 0 spiro atoms. The highest BCUT2D eigenvalue weighted by Gasteiger charge is 2.41. The van der Waals surface area contributed by atoms with Gasteiger partial charge in [-0.1, -0.05) is 0 Å². The van der Waals surface area contributed by atoms with Gasteiger partial charge in [0.1, 0.15) is 5.78 Å². The van der Waals surface area contributed by atoms with E-state index < -0.39 is 8.80 Å². The van der Waals surface area contributed by atoms with Crippen molar-refractivity contribution in [3.63, 3.8) is 0 Å². The molecule has 1 aliphatic heterocycles. The Morgan fingerprint density at radius 1 is 1.29 bits per heavy atom. The molecule has 0 aromatic rings.